The highest BCUT2D eigenvalue weighted by molar-refractivity contribution is 6.16. The van der Waals surface area contributed by atoms with Crippen molar-refractivity contribution in [1.29, 1.82) is 0 Å². The van der Waals surface area contributed by atoms with Gasteiger partial charge in [-0.3, -0.25) is 0 Å². The van der Waals surface area contributed by atoms with E-state index in [1.54, 1.807) is 0 Å². The van der Waals surface area contributed by atoms with E-state index in [0.29, 0.717) is 0 Å². The van der Waals surface area contributed by atoms with Gasteiger partial charge in [0.05, 0.1) is 11.0 Å². The topological polar surface area (TPSA) is 8.17 Å². The molecule has 0 unspecified atom stereocenters. The SMILES string of the molecule is c1ccc(-n2c3ccccc3c3c(-c4cccc(N(c5ccc(-c6cccc7ccccc67)cc5)c5ccc6ccccc6c5)c4)cccc32)cc1. The molecule has 0 bridgehead atoms. The molecule has 1 heterocycles. The summed E-state index contributed by atoms with van der Waals surface area (Å²) in [5.74, 6) is 0. The minimum absolute atomic E-state index is 1.11. The first-order chi connectivity index (χ1) is 25.8. The van der Waals surface area contributed by atoms with Crippen LogP contribution in [0.1, 0.15) is 0 Å². The van der Waals surface area contributed by atoms with Gasteiger partial charge < -0.3 is 9.47 Å². The summed E-state index contributed by atoms with van der Waals surface area (Å²) in [7, 11) is 0. The quantitative estimate of drug-likeness (QED) is 0.172. The summed E-state index contributed by atoms with van der Waals surface area (Å²) >= 11 is 0. The summed E-state index contributed by atoms with van der Waals surface area (Å²) in [5, 5.41) is 7.47. The van der Waals surface area contributed by atoms with Crippen molar-refractivity contribution < 1.29 is 0 Å². The van der Waals surface area contributed by atoms with Gasteiger partial charge in [-0.05, 0) is 104 Å². The Morgan fingerprint density at radius 1 is 0.327 bits per heavy atom. The molecule has 244 valence electrons. The maximum Gasteiger partial charge on any atom is 0.0547 e. The molecule has 0 N–H and O–H groups in total. The highest BCUT2D eigenvalue weighted by Gasteiger charge is 2.18. The number of nitrogens with zero attached hydrogens (tertiary/aromatic N) is 2. The minimum atomic E-state index is 1.11. The van der Waals surface area contributed by atoms with E-state index in [-0.39, 0.29) is 0 Å². The molecule has 1 aromatic heterocycles. The van der Waals surface area contributed by atoms with Crippen molar-refractivity contribution in [2.75, 3.05) is 4.90 Å². The zero-order valence-electron chi connectivity index (χ0n) is 28.5. The molecule has 10 rings (SSSR count). The Morgan fingerprint density at radius 2 is 0.942 bits per heavy atom. The highest BCUT2D eigenvalue weighted by atomic mass is 15.1. The number of benzene rings is 9. The van der Waals surface area contributed by atoms with Gasteiger partial charge in [-0.1, -0.05) is 146 Å². The maximum atomic E-state index is 2.39. The molecule has 0 saturated heterocycles. The third kappa shape index (κ3) is 5.04. The van der Waals surface area contributed by atoms with Crippen LogP contribution in [0.15, 0.2) is 206 Å². The van der Waals surface area contributed by atoms with Crippen LogP contribution in [-0.2, 0) is 0 Å². The van der Waals surface area contributed by atoms with E-state index >= 15 is 0 Å². The Bertz CT molecular complexity index is 2900. The number of aromatic nitrogens is 1. The second kappa shape index (κ2) is 12.5. The third-order valence-corrected chi connectivity index (χ3v) is 10.3. The van der Waals surface area contributed by atoms with Gasteiger partial charge in [-0.15, -0.1) is 0 Å². The fourth-order valence-electron chi connectivity index (χ4n) is 7.96. The Kier molecular flexibility index (Phi) is 7.18. The van der Waals surface area contributed by atoms with Gasteiger partial charge in [0.15, 0.2) is 0 Å². The molecule has 0 amide bonds. The van der Waals surface area contributed by atoms with Gasteiger partial charge in [-0.2, -0.15) is 0 Å². The molecule has 0 fully saturated rings. The van der Waals surface area contributed by atoms with Crippen molar-refractivity contribution in [3.8, 4) is 27.9 Å². The number of anilines is 3. The molecule has 0 aliphatic heterocycles. The average Bonchev–Trinajstić information content (AvgIpc) is 3.56. The number of hydrogen-bond acceptors (Lipinski definition) is 1. The van der Waals surface area contributed by atoms with Crippen molar-refractivity contribution in [3.05, 3.63) is 206 Å². The van der Waals surface area contributed by atoms with Crippen LogP contribution in [0.25, 0.3) is 71.3 Å². The lowest BCUT2D eigenvalue weighted by atomic mass is 9.97. The van der Waals surface area contributed by atoms with E-state index in [1.807, 2.05) is 0 Å². The molecule has 0 saturated carbocycles. The third-order valence-electron chi connectivity index (χ3n) is 10.3. The van der Waals surface area contributed by atoms with Crippen LogP contribution in [0.4, 0.5) is 17.1 Å². The van der Waals surface area contributed by atoms with Crippen LogP contribution in [-0.4, -0.2) is 4.57 Å². The van der Waals surface area contributed by atoms with Crippen molar-refractivity contribution in [2.45, 2.75) is 0 Å². The Labute approximate surface area is 303 Å². The van der Waals surface area contributed by atoms with Crippen LogP contribution in [0.5, 0.6) is 0 Å². The summed E-state index contributed by atoms with van der Waals surface area (Å²) in [5.41, 5.74) is 11.7. The predicted octanol–water partition coefficient (Wildman–Crippen LogP) is 13.9. The van der Waals surface area contributed by atoms with Crippen molar-refractivity contribution in [3.63, 3.8) is 0 Å². The van der Waals surface area contributed by atoms with Gasteiger partial charge in [0.2, 0.25) is 0 Å². The molecule has 0 radical (unpaired) electrons. The summed E-state index contributed by atoms with van der Waals surface area (Å²) in [4.78, 5) is 2.39. The summed E-state index contributed by atoms with van der Waals surface area (Å²) in [6.45, 7) is 0. The number of fused-ring (bicyclic) bond motifs is 5. The first-order valence-corrected chi connectivity index (χ1v) is 17.9. The highest BCUT2D eigenvalue weighted by Crippen LogP contribution is 2.42. The number of hydrogen-bond donors (Lipinski definition) is 0. The zero-order chi connectivity index (χ0) is 34.4. The Hall–Kier alpha value is -6.90. The van der Waals surface area contributed by atoms with Crippen molar-refractivity contribution in [1.82, 2.24) is 4.57 Å². The monoisotopic (exact) mass is 662 g/mol. The largest absolute Gasteiger partial charge is 0.310 e. The molecular formula is C50H34N2. The lowest BCUT2D eigenvalue weighted by Crippen LogP contribution is -2.10. The summed E-state index contributed by atoms with van der Waals surface area (Å²) in [6, 6.07) is 74.7. The molecule has 0 aliphatic rings. The lowest BCUT2D eigenvalue weighted by Gasteiger charge is -2.27. The predicted molar refractivity (Wildman–Crippen MR) is 221 cm³/mol. The fraction of sp³-hybridized carbons (Fsp3) is 0. The fourth-order valence-corrected chi connectivity index (χ4v) is 7.96. The maximum absolute atomic E-state index is 2.39. The average molecular weight is 663 g/mol. The molecule has 2 nitrogen and oxygen atoms in total. The van der Waals surface area contributed by atoms with Crippen LogP contribution in [0.2, 0.25) is 0 Å². The smallest absolute Gasteiger partial charge is 0.0547 e. The summed E-state index contributed by atoms with van der Waals surface area (Å²) in [6.07, 6.45) is 0. The van der Waals surface area contributed by atoms with E-state index in [1.165, 1.54) is 65.6 Å². The Balaban J connectivity index is 1.14. The molecule has 0 spiro atoms. The molecule has 52 heavy (non-hydrogen) atoms. The standard InChI is InChI=1S/C50H34N2/c1-2-18-40(19-3-1)52-48-25-9-8-22-47(48)50-46(24-12-26-49(50)52)39-17-10-20-42(34-39)51(43-32-27-35-13-4-5-15-38(35)33-43)41-30-28-37(29-31-41)45-23-11-16-36-14-6-7-21-44(36)45/h1-34H. The van der Waals surface area contributed by atoms with Gasteiger partial charge in [0.1, 0.15) is 0 Å². The number of rotatable bonds is 6. The van der Waals surface area contributed by atoms with Gasteiger partial charge >= 0.3 is 0 Å². The summed E-state index contributed by atoms with van der Waals surface area (Å²) < 4.78 is 2.39. The van der Waals surface area contributed by atoms with E-state index in [0.717, 1.165) is 22.7 Å². The van der Waals surface area contributed by atoms with Crippen LogP contribution >= 0.6 is 0 Å². The van der Waals surface area contributed by atoms with E-state index in [2.05, 4.69) is 216 Å². The molecule has 0 aliphatic carbocycles. The zero-order valence-corrected chi connectivity index (χ0v) is 28.5. The van der Waals surface area contributed by atoms with Crippen LogP contribution in [0, 0.1) is 0 Å². The first-order valence-electron chi connectivity index (χ1n) is 17.9. The molecule has 0 atom stereocenters. The van der Waals surface area contributed by atoms with Crippen LogP contribution < -0.4 is 4.90 Å². The normalized spacial score (nSPS) is 11.5. The van der Waals surface area contributed by atoms with E-state index < -0.39 is 0 Å². The van der Waals surface area contributed by atoms with Gasteiger partial charge in [0, 0.05) is 33.5 Å². The minimum Gasteiger partial charge on any atom is -0.310 e. The second-order valence-electron chi connectivity index (χ2n) is 13.4. The van der Waals surface area contributed by atoms with Crippen LogP contribution in [0.3, 0.4) is 0 Å². The van der Waals surface area contributed by atoms with Crippen molar-refractivity contribution in [2.24, 2.45) is 0 Å². The van der Waals surface area contributed by atoms with Gasteiger partial charge in [-0.25, -0.2) is 0 Å². The molecule has 2 heteroatoms. The molecular weight excluding hydrogens is 629 g/mol. The second-order valence-corrected chi connectivity index (χ2v) is 13.4. The number of para-hydroxylation sites is 2. The lowest BCUT2D eigenvalue weighted by molar-refractivity contribution is 1.18. The van der Waals surface area contributed by atoms with E-state index in [9.17, 15) is 0 Å². The molecule has 9 aromatic carbocycles. The van der Waals surface area contributed by atoms with E-state index in [4.69, 9.17) is 0 Å². The first kappa shape index (κ1) is 30.0. The Morgan fingerprint density at radius 3 is 1.81 bits per heavy atom. The van der Waals surface area contributed by atoms with Crippen molar-refractivity contribution >= 4 is 60.4 Å². The molecule has 10 aromatic rings. The van der Waals surface area contributed by atoms with Gasteiger partial charge in [0.25, 0.3) is 0 Å².